The van der Waals surface area contributed by atoms with E-state index in [1.807, 2.05) is 37.3 Å². The number of amides is 13. The zero-order valence-electron chi connectivity index (χ0n) is 66.1. The number of nitrogens with two attached hydrogens (primary N) is 5. The molecule has 13 atom stereocenters. The monoisotopic (exact) mass is 1620 g/mol. The lowest BCUT2D eigenvalue weighted by molar-refractivity contribution is -0.145. The van der Waals surface area contributed by atoms with Crippen molar-refractivity contribution in [1.29, 1.82) is 0 Å². The average molecular weight is 1620 g/mol. The lowest BCUT2D eigenvalue weighted by atomic mass is 10.0. The van der Waals surface area contributed by atoms with Gasteiger partial charge in [0.25, 0.3) is 0 Å². The molecule has 23 N–H and O–H groups in total. The van der Waals surface area contributed by atoms with E-state index < -0.39 is 169 Å². The number of H-pyrrole nitrogens is 1. The number of carboxylic acids is 1. The summed E-state index contributed by atoms with van der Waals surface area (Å²) < 4.78 is 6.25. The smallest absolute Gasteiger partial charge is 0.326 e. The lowest BCUT2D eigenvalue weighted by Gasteiger charge is -2.31. The van der Waals surface area contributed by atoms with Crippen LogP contribution >= 0.6 is 0 Å². The molecule has 39 nitrogen and oxygen atoms in total. The maximum absolute atomic E-state index is 14.9. The van der Waals surface area contributed by atoms with Crippen LogP contribution in [0, 0.1) is 5.92 Å². The number of guanidine groups is 2. The van der Waals surface area contributed by atoms with Crippen molar-refractivity contribution >= 4 is 94.7 Å². The van der Waals surface area contributed by atoms with Crippen molar-refractivity contribution in [2.75, 3.05) is 52.4 Å². The molecule has 4 aliphatic heterocycles. The Balaban J connectivity index is 1.00. The van der Waals surface area contributed by atoms with Crippen LogP contribution in [0.5, 0.6) is 0 Å². The number of hydrogen-bond acceptors (Lipinski definition) is 20. The highest BCUT2D eigenvalue weighted by atomic mass is 16.5. The van der Waals surface area contributed by atoms with Crippen LogP contribution in [0.4, 0.5) is 0 Å². The molecule has 0 spiro atoms. The van der Waals surface area contributed by atoms with E-state index in [0.717, 1.165) is 5.56 Å². The lowest BCUT2D eigenvalue weighted by Crippen LogP contribution is -2.61. The van der Waals surface area contributed by atoms with E-state index in [0.29, 0.717) is 49.8 Å². The summed E-state index contributed by atoms with van der Waals surface area (Å²) in [6, 6.07) is 2.48. The number of imidazole rings is 1. The van der Waals surface area contributed by atoms with E-state index in [4.69, 9.17) is 33.4 Å². The second-order valence-corrected chi connectivity index (χ2v) is 29.9. The molecule has 116 heavy (non-hydrogen) atoms. The van der Waals surface area contributed by atoms with Gasteiger partial charge in [-0.15, -0.1) is 0 Å². The van der Waals surface area contributed by atoms with Crippen molar-refractivity contribution < 1.29 is 82.1 Å². The number of likely N-dealkylation sites (tertiary alicyclic amines) is 3. The Morgan fingerprint density at radius 1 is 0.578 bits per heavy atom. The van der Waals surface area contributed by atoms with Crippen molar-refractivity contribution in [3.05, 3.63) is 90.0 Å². The van der Waals surface area contributed by atoms with Crippen molar-refractivity contribution in [1.82, 2.24) is 77.8 Å². The Morgan fingerprint density at radius 3 is 1.68 bits per heavy atom. The van der Waals surface area contributed by atoms with Crippen LogP contribution in [-0.2, 0) is 91.3 Å². The average Bonchev–Trinajstić information content (AvgIpc) is 1.66. The van der Waals surface area contributed by atoms with Crippen molar-refractivity contribution in [2.24, 2.45) is 44.6 Å². The highest BCUT2D eigenvalue weighted by Crippen LogP contribution is 2.27. The summed E-state index contributed by atoms with van der Waals surface area (Å²) in [6.45, 7) is 4.33. The number of rotatable bonds is 47. The van der Waals surface area contributed by atoms with Gasteiger partial charge in [0, 0.05) is 70.3 Å². The number of ether oxygens (including phenoxy) is 1. The minimum atomic E-state index is -1.78. The van der Waals surface area contributed by atoms with Crippen LogP contribution in [0.25, 0.3) is 0 Å². The van der Waals surface area contributed by atoms with Gasteiger partial charge in [0.05, 0.1) is 32.2 Å². The summed E-state index contributed by atoms with van der Waals surface area (Å²) in [5.74, 6) is -11.6. The molecule has 1 aromatic heterocycles. The van der Waals surface area contributed by atoms with Gasteiger partial charge in [-0.3, -0.25) is 72.3 Å². The van der Waals surface area contributed by atoms with E-state index in [2.05, 4.69) is 73.1 Å². The summed E-state index contributed by atoms with van der Waals surface area (Å²) in [4.78, 5) is 216. The Kier molecular flexibility index (Phi) is 37.1. The van der Waals surface area contributed by atoms with Crippen LogP contribution < -0.4 is 81.8 Å². The molecule has 3 aromatic rings. The highest BCUT2D eigenvalue weighted by molar-refractivity contribution is 6.00. The Labute approximate surface area is 673 Å². The van der Waals surface area contributed by atoms with Gasteiger partial charge in [-0.05, 0) is 113 Å². The van der Waals surface area contributed by atoms with Crippen molar-refractivity contribution in [3.8, 4) is 0 Å². The first-order chi connectivity index (χ1) is 55.6. The number of aliphatic hydroxyl groups excluding tert-OH is 1. The van der Waals surface area contributed by atoms with Gasteiger partial charge in [0.1, 0.15) is 72.5 Å². The standard InChI is InChI=1S/C77H116N22O17/c1-4-5-22-53(74(113)99-41-49(116-43-47-20-10-7-11-21-47)38-61(99)72(111)95-57(75(114)115)36-46-18-8-6-9-19-46)92-70(109)59-26-16-33-97(59)63(102)40-86-64(103)50(23-12-13-30-78)89-68(107)56(37-48-39-83-44-87-48)94-69(108)58(42-100)96-67(106)55(35-45(2)3)93-65(104)51(24-14-31-84-76(79)80)90-71(110)60-27-17-34-98(60)73(112)54(25-15-32-85-77(81)82)91-66(105)52-28-29-62(101)88-52/h6-11,18-21,39,44-45,49-61,100H,4-5,12-17,22-38,40-43,78H2,1-3H3,(H,83,87)(H,86,103)(H,88,101)(H,89,107)(H,90,110)(H,91,105)(H,92,109)(H,93,104)(H,94,108)(H,95,111)(H,96,106)(H,114,115)(H4,79,80,84)(H4,81,82,85)/t49-,50-,51-,52-,53-,54-,55-,56-,57-,58-,59-,60-,61+/m0/s1. The number of carbonyl (C=O) groups is 14. The van der Waals surface area contributed by atoms with Gasteiger partial charge >= 0.3 is 5.97 Å². The SMILES string of the molecule is CCCC[C@H](NC(=O)[C@@H]1CCCN1C(=O)CNC(=O)[C@H](CCCCN)NC(=O)[C@H](Cc1cnc[nH]1)NC(=O)[C@H](CO)NC(=O)[C@H](CC(C)C)NC(=O)[C@H](CCCN=C(N)N)NC(=O)[C@@H]1CCCN1C(=O)[C@H](CCCN=C(N)N)NC(=O)[C@@H]1CCC(=O)N1)C(=O)N1C[C@@H](OCc2ccccc2)C[C@@H]1C(=O)N[C@@H](Cc1ccccc1)C(=O)O. The Morgan fingerprint density at radius 2 is 1.09 bits per heavy atom. The predicted octanol–water partition coefficient (Wildman–Crippen LogP) is -3.81. The Hall–Kier alpha value is -11.4. The van der Waals surface area contributed by atoms with Gasteiger partial charge in [0.2, 0.25) is 76.8 Å². The summed E-state index contributed by atoms with van der Waals surface area (Å²) in [5.41, 5.74) is 29.9. The third-order valence-electron chi connectivity index (χ3n) is 20.5. The first-order valence-corrected chi connectivity index (χ1v) is 39.8. The molecule has 0 saturated carbocycles. The van der Waals surface area contributed by atoms with E-state index in [9.17, 15) is 77.3 Å². The molecule has 5 heterocycles. The van der Waals surface area contributed by atoms with Gasteiger partial charge in [-0.1, -0.05) is 94.3 Å². The minimum Gasteiger partial charge on any atom is -0.480 e. The van der Waals surface area contributed by atoms with E-state index >= 15 is 0 Å². The molecule has 39 heteroatoms. The molecule has 0 radical (unpaired) electrons. The number of aliphatic imine (C=N–C) groups is 2. The Bertz CT molecular complexity index is 3870. The molecule has 7 rings (SSSR count). The number of aromatic nitrogens is 2. The molecule has 636 valence electrons. The number of nitrogens with zero attached hydrogens (tertiary/aromatic N) is 6. The summed E-state index contributed by atoms with van der Waals surface area (Å²) in [5, 5.41) is 47.5. The van der Waals surface area contributed by atoms with Crippen LogP contribution in [0.2, 0.25) is 0 Å². The number of hydrogen-bond donors (Lipinski definition) is 18. The van der Waals surface area contributed by atoms with Gasteiger partial charge in [0.15, 0.2) is 11.9 Å². The molecule has 13 amide bonds. The maximum atomic E-state index is 14.9. The number of carbonyl (C=O) groups excluding carboxylic acids is 13. The molecule has 0 bridgehead atoms. The molecule has 2 aromatic carbocycles. The van der Waals surface area contributed by atoms with Crippen molar-refractivity contribution in [3.63, 3.8) is 0 Å². The highest BCUT2D eigenvalue weighted by Gasteiger charge is 2.46. The van der Waals surface area contributed by atoms with E-state index in [-0.39, 0.29) is 160 Å². The van der Waals surface area contributed by atoms with Gasteiger partial charge in [-0.2, -0.15) is 0 Å². The third-order valence-corrected chi connectivity index (χ3v) is 20.5. The number of unbranched alkanes of at least 4 members (excludes halogenated alkanes) is 2. The third kappa shape index (κ3) is 28.9. The molecule has 4 fully saturated rings. The molecule has 4 aliphatic rings. The molecule has 0 unspecified atom stereocenters. The predicted molar refractivity (Wildman–Crippen MR) is 423 cm³/mol. The summed E-state index contributed by atoms with van der Waals surface area (Å²) in [6.07, 6.45) is 5.32. The first-order valence-electron chi connectivity index (χ1n) is 39.8. The zero-order valence-corrected chi connectivity index (χ0v) is 66.1. The molecule has 4 saturated heterocycles. The van der Waals surface area contributed by atoms with Gasteiger partial charge in [-0.25, -0.2) is 9.78 Å². The fourth-order valence-electron chi connectivity index (χ4n) is 14.3. The number of benzene rings is 2. The fourth-order valence-corrected chi connectivity index (χ4v) is 14.3. The number of carboxylic acid groups (broad SMARTS) is 1. The number of nitrogens with one attached hydrogen (secondary N) is 11. The zero-order chi connectivity index (χ0) is 84.4. The summed E-state index contributed by atoms with van der Waals surface area (Å²) >= 11 is 0. The van der Waals surface area contributed by atoms with Crippen LogP contribution in [0.15, 0.2) is 83.2 Å². The molecule has 0 aliphatic carbocycles. The number of aromatic amines is 1. The van der Waals surface area contributed by atoms with Crippen LogP contribution in [0.3, 0.4) is 0 Å². The number of aliphatic carboxylic acids is 1. The van der Waals surface area contributed by atoms with E-state index in [1.165, 1.54) is 27.2 Å². The topological polar surface area (TPSA) is 602 Å². The van der Waals surface area contributed by atoms with Crippen LogP contribution in [-0.4, -0.2) is 261 Å². The maximum Gasteiger partial charge on any atom is 0.326 e. The van der Waals surface area contributed by atoms with Gasteiger partial charge < -0.3 is 116 Å². The normalized spacial score (nSPS) is 19.1. The quantitative estimate of drug-likeness (QED) is 0.0146. The van der Waals surface area contributed by atoms with E-state index in [1.54, 1.807) is 44.2 Å². The summed E-state index contributed by atoms with van der Waals surface area (Å²) in [7, 11) is 0. The fraction of sp³-hybridized carbons (Fsp3) is 0.597. The molecular weight excluding hydrogens is 1500 g/mol. The number of aliphatic hydroxyl groups is 1. The largest absolute Gasteiger partial charge is 0.480 e. The van der Waals surface area contributed by atoms with Crippen LogP contribution in [0.1, 0.15) is 153 Å². The minimum absolute atomic E-state index is 0.0158. The molecular formula is C77H116N22O17. The van der Waals surface area contributed by atoms with Crippen molar-refractivity contribution in [2.45, 2.75) is 234 Å². The second kappa shape index (κ2) is 46.9. The second-order valence-electron chi connectivity index (χ2n) is 29.9. The first kappa shape index (κ1) is 91.8.